The van der Waals surface area contributed by atoms with E-state index in [1.807, 2.05) is 4.90 Å². The van der Waals surface area contributed by atoms with Gasteiger partial charge >= 0.3 is 0 Å². The van der Waals surface area contributed by atoms with Crippen LogP contribution in [0.2, 0.25) is 0 Å². The van der Waals surface area contributed by atoms with E-state index in [4.69, 9.17) is 4.98 Å². The van der Waals surface area contributed by atoms with E-state index in [1.165, 1.54) is 0 Å². The largest absolute Gasteiger partial charge is 0.356 e. The molecule has 4 aliphatic heterocycles. The number of hydrogen-bond donors (Lipinski definition) is 1. The summed E-state index contributed by atoms with van der Waals surface area (Å²) in [6.45, 7) is 11.6. The Morgan fingerprint density at radius 1 is 1.03 bits per heavy atom. The molecule has 1 aromatic rings. The Morgan fingerprint density at radius 2 is 1.74 bits per heavy atom. The van der Waals surface area contributed by atoms with Crippen LogP contribution in [0.5, 0.6) is 0 Å². The summed E-state index contributed by atoms with van der Waals surface area (Å²) in [6, 6.07) is 0.211. The number of amides is 1. The van der Waals surface area contributed by atoms with Crippen molar-refractivity contribution in [3.05, 3.63) is 11.3 Å². The minimum absolute atomic E-state index is 0.0577. The van der Waals surface area contributed by atoms with Crippen LogP contribution in [-0.2, 0) is 17.1 Å². The molecule has 2 aliphatic carbocycles. The third-order valence-electron chi connectivity index (χ3n) is 10.1. The molecule has 1 amide bonds. The van der Waals surface area contributed by atoms with Crippen molar-refractivity contribution in [3.63, 3.8) is 0 Å². The van der Waals surface area contributed by atoms with Crippen molar-refractivity contribution in [3.8, 4) is 0 Å². The summed E-state index contributed by atoms with van der Waals surface area (Å²) in [4.78, 5) is 34.3. The number of fused-ring (bicyclic) bond motifs is 2. The third kappa shape index (κ3) is 4.07. The van der Waals surface area contributed by atoms with Crippen molar-refractivity contribution in [1.82, 2.24) is 30.0 Å². The molecule has 5 heterocycles. The third-order valence-corrected chi connectivity index (χ3v) is 10.1. The lowest BCUT2D eigenvalue weighted by Gasteiger charge is -2.41. The summed E-state index contributed by atoms with van der Waals surface area (Å²) >= 11 is 0. The van der Waals surface area contributed by atoms with Gasteiger partial charge in [0.2, 0.25) is 11.9 Å². The Kier molecular flexibility index (Phi) is 6.05. The maximum Gasteiger partial charge on any atom is 0.290 e. The summed E-state index contributed by atoms with van der Waals surface area (Å²) in [5.74, 6) is -0.263. The molecule has 1 aromatic heterocycles. The van der Waals surface area contributed by atoms with Gasteiger partial charge in [-0.05, 0) is 44.6 Å². The van der Waals surface area contributed by atoms with Crippen molar-refractivity contribution in [1.29, 1.82) is 0 Å². The van der Waals surface area contributed by atoms with Gasteiger partial charge in [0.1, 0.15) is 11.5 Å². The van der Waals surface area contributed by atoms with E-state index in [0.717, 1.165) is 84.2 Å². The van der Waals surface area contributed by atoms with Crippen molar-refractivity contribution in [2.75, 3.05) is 88.8 Å². The highest BCUT2D eigenvalue weighted by Crippen LogP contribution is 2.56. The highest BCUT2D eigenvalue weighted by atomic mass is 19.3. The van der Waals surface area contributed by atoms with Gasteiger partial charge < -0.3 is 24.9 Å². The standard InChI is InChI=1S/C27H40F2N8O/c1-17-4-8-37(17)26-31-23-18(3-5-27(23,28)29)24(32-26)36-15-19-20(16-36)21(19)22(34-9-6-30-7-10-34)25(38)35-13-11-33(2)12-14-35/h17,19-22,30H,3-16H2,1-2H3/t17-,19-,20+,21?,22?/m0/s1. The first-order valence-corrected chi connectivity index (χ1v) is 14.5. The number of piperidine rings is 1. The highest BCUT2D eigenvalue weighted by molar-refractivity contribution is 5.83. The fourth-order valence-corrected chi connectivity index (χ4v) is 7.55. The number of aromatic nitrogens is 2. The van der Waals surface area contributed by atoms with Gasteiger partial charge in [-0.1, -0.05) is 0 Å². The number of likely N-dealkylation sites (N-methyl/N-ethyl adjacent to an activating group) is 1. The molecule has 1 saturated carbocycles. The fourth-order valence-electron chi connectivity index (χ4n) is 7.55. The van der Waals surface area contributed by atoms with Gasteiger partial charge in [0.15, 0.2) is 0 Å². The van der Waals surface area contributed by atoms with Crippen LogP contribution >= 0.6 is 0 Å². The molecular formula is C27H40F2N8O. The molecule has 4 saturated heterocycles. The first-order chi connectivity index (χ1) is 18.3. The zero-order valence-electron chi connectivity index (χ0n) is 22.6. The smallest absolute Gasteiger partial charge is 0.290 e. The summed E-state index contributed by atoms with van der Waals surface area (Å²) in [7, 11) is 2.11. The number of alkyl halides is 2. The maximum atomic E-state index is 14.8. The molecule has 6 aliphatic rings. The van der Waals surface area contributed by atoms with E-state index in [0.29, 0.717) is 41.6 Å². The van der Waals surface area contributed by atoms with Gasteiger partial charge in [-0.2, -0.15) is 13.8 Å². The molecule has 7 rings (SSSR count). The zero-order valence-corrected chi connectivity index (χ0v) is 22.6. The van der Waals surface area contributed by atoms with E-state index in [1.54, 1.807) is 0 Å². The number of halogens is 2. The van der Waals surface area contributed by atoms with Crippen LogP contribution in [0.1, 0.15) is 31.0 Å². The number of nitrogens with zero attached hydrogens (tertiary/aromatic N) is 7. The maximum absolute atomic E-state index is 14.8. The highest BCUT2D eigenvalue weighted by Gasteiger charge is 2.62. The van der Waals surface area contributed by atoms with Crippen LogP contribution in [0, 0.1) is 17.8 Å². The second-order valence-electron chi connectivity index (χ2n) is 12.4. The summed E-state index contributed by atoms with van der Waals surface area (Å²) in [6.07, 6.45) is 1.18. The number of anilines is 2. The number of carbonyl (C=O) groups is 1. The Labute approximate surface area is 223 Å². The van der Waals surface area contributed by atoms with Crippen molar-refractivity contribution in [2.45, 2.75) is 44.2 Å². The van der Waals surface area contributed by atoms with Crippen LogP contribution in [0.15, 0.2) is 0 Å². The number of piperazine rings is 2. The molecule has 0 bridgehead atoms. The van der Waals surface area contributed by atoms with E-state index in [-0.39, 0.29) is 24.2 Å². The summed E-state index contributed by atoms with van der Waals surface area (Å²) in [5, 5.41) is 3.43. The van der Waals surface area contributed by atoms with Gasteiger partial charge in [-0.25, -0.2) is 4.98 Å². The minimum Gasteiger partial charge on any atom is -0.356 e. The SMILES string of the molecule is C[C@H]1CCN1c1nc(N2C[C@@H]3C(C(C(=O)N4CCN(C)CC4)N4CCNCC4)[C@@H]3C2)c2c(n1)C(F)(F)CC2. The molecule has 2 unspecified atom stereocenters. The van der Waals surface area contributed by atoms with Crippen LogP contribution in [0.4, 0.5) is 20.5 Å². The molecule has 208 valence electrons. The monoisotopic (exact) mass is 530 g/mol. The lowest BCUT2D eigenvalue weighted by molar-refractivity contribution is -0.140. The Morgan fingerprint density at radius 3 is 2.37 bits per heavy atom. The molecule has 1 N–H and O–H groups in total. The first kappa shape index (κ1) is 24.9. The second kappa shape index (κ2) is 9.23. The molecule has 5 fully saturated rings. The van der Waals surface area contributed by atoms with Gasteiger partial charge in [0.25, 0.3) is 5.92 Å². The summed E-state index contributed by atoms with van der Waals surface area (Å²) in [5.41, 5.74) is 0.578. The number of rotatable bonds is 5. The molecule has 0 radical (unpaired) electrons. The van der Waals surface area contributed by atoms with Gasteiger partial charge in [0, 0.05) is 90.0 Å². The Hall–Kier alpha value is -2.11. The van der Waals surface area contributed by atoms with E-state index in [9.17, 15) is 13.6 Å². The van der Waals surface area contributed by atoms with Crippen LogP contribution < -0.4 is 15.1 Å². The number of carbonyl (C=O) groups excluding carboxylic acids is 1. The van der Waals surface area contributed by atoms with E-state index in [2.05, 4.69) is 43.9 Å². The zero-order chi connectivity index (χ0) is 26.2. The van der Waals surface area contributed by atoms with Crippen LogP contribution in [0.25, 0.3) is 0 Å². The summed E-state index contributed by atoms with van der Waals surface area (Å²) < 4.78 is 29.7. The fraction of sp³-hybridized carbons (Fsp3) is 0.815. The molecular weight excluding hydrogens is 490 g/mol. The molecule has 0 spiro atoms. The van der Waals surface area contributed by atoms with E-state index < -0.39 is 5.92 Å². The lowest BCUT2D eigenvalue weighted by atomic mass is 10.0. The van der Waals surface area contributed by atoms with Crippen molar-refractivity contribution in [2.24, 2.45) is 17.8 Å². The average Bonchev–Trinajstić information content (AvgIpc) is 3.22. The molecule has 0 aromatic carbocycles. The molecule has 5 atom stereocenters. The second-order valence-corrected chi connectivity index (χ2v) is 12.4. The average molecular weight is 531 g/mol. The predicted molar refractivity (Wildman–Crippen MR) is 141 cm³/mol. The minimum atomic E-state index is -2.89. The van der Waals surface area contributed by atoms with Crippen LogP contribution in [-0.4, -0.2) is 122 Å². The Balaban J connectivity index is 1.12. The van der Waals surface area contributed by atoms with Gasteiger partial charge in [-0.3, -0.25) is 9.69 Å². The van der Waals surface area contributed by atoms with Crippen LogP contribution in [0.3, 0.4) is 0 Å². The quantitative estimate of drug-likeness (QED) is 0.601. The topological polar surface area (TPSA) is 71.1 Å². The predicted octanol–water partition coefficient (Wildman–Crippen LogP) is 0.843. The normalized spacial score (nSPS) is 33.6. The number of nitrogens with one attached hydrogen (secondary N) is 1. The molecule has 9 nitrogen and oxygen atoms in total. The van der Waals surface area contributed by atoms with Crippen molar-refractivity contribution >= 4 is 17.7 Å². The molecule has 38 heavy (non-hydrogen) atoms. The Bertz CT molecular complexity index is 1080. The first-order valence-electron chi connectivity index (χ1n) is 14.5. The van der Waals surface area contributed by atoms with Crippen molar-refractivity contribution < 1.29 is 13.6 Å². The molecule has 11 heteroatoms. The van der Waals surface area contributed by atoms with Gasteiger partial charge in [-0.15, -0.1) is 0 Å². The van der Waals surface area contributed by atoms with Gasteiger partial charge in [0.05, 0.1) is 6.04 Å². The lowest BCUT2D eigenvalue weighted by Crippen LogP contribution is -2.59. The number of hydrogen-bond acceptors (Lipinski definition) is 8. The van der Waals surface area contributed by atoms with E-state index >= 15 is 0 Å².